The second kappa shape index (κ2) is 3.79. The first-order chi connectivity index (χ1) is 6.42. The number of nitrogens with zero attached hydrogens (tertiary/aromatic N) is 1. The molecule has 0 aliphatic carbocycles. The predicted octanol–water partition coefficient (Wildman–Crippen LogP) is 3.35. The molecule has 1 nitrogen and oxygen atoms in total. The number of hydrogen-bond donors (Lipinski definition) is 0. The molecule has 0 spiro atoms. The molecule has 1 aromatic heterocycles. The number of benzene rings is 1. The normalized spacial score (nSPS) is 10.5. The Labute approximate surface area is 82.2 Å². The molecule has 0 radical (unpaired) electrons. The lowest BCUT2D eigenvalue weighted by molar-refractivity contribution is 1.17. The van der Waals surface area contributed by atoms with E-state index in [-0.39, 0.29) is 0 Å². The van der Waals surface area contributed by atoms with Crippen LogP contribution < -0.4 is 0 Å². The van der Waals surface area contributed by atoms with E-state index in [9.17, 15) is 0 Å². The van der Waals surface area contributed by atoms with Crippen LogP contribution in [0.1, 0.15) is 6.92 Å². The molecular weight excluding hydrogens is 178 g/mol. The van der Waals surface area contributed by atoms with E-state index >= 15 is 0 Å². The van der Waals surface area contributed by atoms with Crippen molar-refractivity contribution in [3.05, 3.63) is 36.5 Å². The summed E-state index contributed by atoms with van der Waals surface area (Å²) in [5.74, 6) is 1.07. The van der Waals surface area contributed by atoms with Gasteiger partial charge in [-0.25, -0.2) is 4.98 Å². The van der Waals surface area contributed by atoms with Gasteiger partial charge < -0.3 is 0 Å². The Balaban J connectivity index is 2.61. The van der Waals surface area contributed by atoms with Crippen molar-refractivity contribution in [2.24, 2.45) is 0 Å². The van der Waals surface area contributed by atoms with Crippen molar-refractivity contribution in [3.8, 4) is 0 Å². The van der Waals surface area contributed by atoms with E-state index in [1.54, 1.807) is 11.8 Å². The van der Waals surface area contributed by atoms with E-state index in [2.05, 4.69) is 42.2 Å². The van der Waals surface area contributed by atoms with Crippen LogP contribution in [0.15, 0.2) is 41.6 Å². The lowest BCUT2D eigenvalue weighted by Crippen LogP contribution is -1.82. The molecular formula is C11H11NS. The van der Waals surface area contributed by atoms with Crippen LogP contribution >= 0.6 is 11.8 Å². The van der Waals surface area contributed by atoms with Gasteiger partial charge in [0, 0.05) is 11.6 Å². The zero-order valence-corrected chi connectivity index (χ0v) is 8.34. The molecule has 0 bridgehead atoms. The third kappa shape index (κ3) is 1.68. The molecule has 0 saturated carbocycles. The Morgan fingerprint density at radius 3 is 2.92 bits per heavy atom. The zero-order valence-electron chi connectivity index (χ0n) is 7.53. The van der Waals surface area contributed by atoms with Gasteiger partial charge in [-0.1, -0.05) is 31.2 Å². The molecule has 2 heteroatoms. The lowest BCUT2D eigenvalue weighted by atomic mass is 10.2. The smallest absolute Gasteiger partial charge is 0.104 e. The summed E-state index contributed by atoms with van der Waals surface area (Å²) in [5, 5.41) is 3.67. The van der Waals surface area contributed by atoms with Gasteiger partial charge in [-0.3, -0.25) is 0 Å². The zero-order chi connectivity index (χ0) is 9.10. The van der Waals surface area contributed by atoms with Crippen LogP contribution in [0.5, 0.6) is 0 Å². The minimum absolute atomic E-state index is 1.07. The lowest BCUT2D eigenvalue weighted by Gasteiger charge is -2.02. The molecule has 0 fully saturated rings. The topological polar surface area (TPSA) is 12.9 Å². The second-order valence-electron chi connectivity index (χ2n) is 2.77. The van der Waals surface area contributed by atoms with Crippen molar-refractivity contribution >= 4 is 22.5 Å². The summed E-state index contributed by atoms with van der Waals surface area (Å²) < 4.78 is 0. The van der Waals surface area contributed by atoms with Gasteiger partial charge in [-0.2, -0.15) is 0 Å². The van der Waals surface area contributed by atoms with Crippen LogP contribution in [0.4, 0.5) is 0 Å². The SMILES string of the molecule is CCSc1nccc2ccccc12. The summed E-state index contributed by atoms with van der Waals surface area (Å²) in [6.45, 7) is 2.15. The average Bonchev–Trinajstić information content (AvgIpc) is 2.19. The van der Waals surface area contributed by atoms with Crippen molar-refractivity contribution in [2.45, 2.75) is 11.9 Å². The molecule has 0 aliphatic rings. The molecule has 1 aromatic carbocycles. The minimum Gasteiger partial charge on any atom is -0.249 e. The average molecular weight is 189 g/mol. The highest BCUT2D eigenvalue weighted by Crippen LogP contribution is 2.24. The van der Waals surface area contributed by atoms with Gasteiger partial charge in [0.05, 0.1) is 0 Å². The molecule has 0 amide bonds. The van der Waals surface area contributed by atoms with E-state index in [0.29, 0.717) is 0 Å². The molecule has 0 saturated heterocycles. The first-order valence-corrected chi connectivity index (χ1v) is 5.37. The third-order valence-electron chi connectivity index (χ3n) is 1.92. The Kier molecular flexibility index (Phi) is 2.50. The molecule has 2 rings (SSSR count). The molecule has 0 N–H and O–H groups in total. The van der Waals surface area contributed by atoms with E-state index in [1.165, 1.54) is 10.8 Å². The number of pyridine rings is 1. The Hall–Kier alpha value is -1.02. The fraction of sp³-hybridized carbons (Fsp3) is 0.182. The quantitative estimate of drug-likeness (QED) is 0.672. The van der Waals surface area contributed by atoms with Crippen LogP contribution in [0.25, 0.3) is 10.8 Å². The van der Waals surface area contributed by atoms with Gasteiger partial charge in [-0.15, -0.1) is 11.8 Å². The standard InChI is InChI=1S/C11H11NS/c1-2-13-11-10-6-4-3-5-9(10)7-8-12-11/h3-8H,2H2,1H3. The molecule has 2 aromatic rings. The van der Waals surface area contributed by atoms with Crippen molar-refractivity contribution in [3.63, 3.8) is 0 Å². The van der Waals surface area contributed by atoms with Gasteiger partial charge >= 0.3 is 0 Å². The molecule has 13 heavy (non-hydrogen) atoms. The maximum Gasteiger partial charge on any atom is 0.104 e. The number of thioether (sulfide) groups is 1. The summed E-state index contributed by atoms with van der Waals surface area (Å²) in [5.41, 5.74) is 0. The minimum atomic E-state index is 1.07. The first kappa shape index (κ1) is 8.57. The second-order valence-corrected chi connectivity index (χ2v) is 4.02. The van der Waals surface area contributed by atoms with Crippen molar-refractivity contribution in [2.75, 3.05) is 5.75 Å². The Morgan fingerprint density at radius 1 is 1.23 bits per heavy atom. The van der Waals surface area contributed by atoms with Gasteiger partial charge in [-0.05, 0) is 17.2 Å². The van der Waals surface area contributed by atoms with Gasteiger partial charge in [0.2, 0.25) is 0 Å². The highest BCUT2D eigenvalue weighted by atomic mass is 32.2. The Morgan fingerprint density at radius 2 is 2.08 bits per heavy atom. The van der Waals surface area contributed by atoms with Crippen LogP contribution in [0.3, 0.4) is 0 Å². The maximum atomic E-state index is 4.36. The molecule has 0 atom stereocenters. The van der Waals surface area contributed by atoms with E-state index in [0.717, 1.165) is 10.8 Å². The number of aromatic nitrogens is 1. The predicted molar refractivity (Wildman–Crippen MR) is 58.1 cm³/mol. The molecule has 0 unspecified atom stereocenters. The van der Waals surface area contributed by atoms with E-state index < -0.39 is 0 Å². The summed E-state index contributed by atoms with van der Waals surface area (Å²) >= 11 is 1.79. The summed E-state index contributed by atoms with van der Waals surface area (Å²) in [4.78, 5) is 4.36. The monoisotopic (exact) mass is 189 g/mol. The number of hydrogen-bond acceptors (Lipinski definition) is 2. The highest BCUT2D eigenvalue weighted by molar-refractivity contribution is 7.99. The largest absolute Gasteiger partial charge is 0.249 e. The van der Waals surface area contributed by atoms with Crippen molar-refractivity contribution in [1.29, 1.82) is 0 Å². The number of rotatable bonds is 2. The fourth-order valence-electron chi connectivity index (χ4n) is 1.34. The van der Waals surface area contributed by atoms with Crippen molar-refractivity contribution in [1.82, 2.24) is 4.98 Å². The summed E-state index contributed by atoms with van der Waals surface area (Å²) in [6.07, 6.45) is 1.88. The van der Waals surface area contributed by atoms with Gasteiger partial charge in [0.15, 0.2) is 0 Å². The van der Waals surface area contributed by atoms with Crippen LogP contribution in [0, 0.1) is 0 Å². The van der Waals surface area contributed by atoms with E-state index in [1.807, 2.05) is 6.20 Å². The summed E-state index contributed by atoms with van der Waals surface area (Å²) in [6, 6.07) is 10.4. The third-order valence-corrected chi connectivity index (χ3v) is 2.81. The highest BCUT2D eigenvalue weighted by Gasteiger charge is 1.99. The van der Waals surface area contributed by atoms with Crippen molar-refractivity contribution < 1.29 is 0 Å². The number of fused-ring (bicyclic) bond motifs is 1. The van der Waals surface area contributed by atoms with Crippen LogP contribution in [-0.4, -0.2) is 10.7 Å². The molecule has 0 aliphatic heterocycles. The van der Waals surface area contributed by atoms with Crippen LogP contribution in [-0.2, 0) is 0 Å². The van der Waals surface area contributed by atoms with Crippen LogP contribution in [0.2, 0.25) is 0 Å². The molecule has 1 heterocycles. The van der Waals surface area contributed by atoms with E-state index in [4.69, 9.17) is 0 Å². The van der Waals surface area contributed by atoms with Gasteiger partial charge in [0.25, 0.3) is 0 Å². The molecule has 66 valence electrons. The Bertz CT molecular complexity index is 406. The maximum absolute atomic E-state index is 4.36. The van der Waals surface area contributed by atoms with Gasteiger partial charge in [0.1, 0.15) is 5.03 Å². The fourth-order valence-corrected chi connectivity index (χ4v) is 2.09. The first-order valence-electron chi connectivity index (χ1n) is 4.38. The summed E-state index contributed by atoms with van der Waals surface area (Å²) in [7, 11) is 0.